The lowest BCUT2D eigenvalue weighted by atomic mass is 9.99. The molecule has 1 aliphatic rings. The fourth-order valence-electron chi connectivity index (χ4n) is 3.42. The number of benzene rings is 2. The van der Waals surface area contributed by atoms with Crippen molar-refractivity contribution in [3.05, 3.63) is 60.2 Å². The molecule has 1 N–H and O–H groups in total. The van der Waals surface area contributed by atoms with E-state index in [1.165, 1.54) is 8.61 Å². The van der Waals surface area contributed by atoms with Crippen molar-refractivity contribution in [3.63, 3.8) is 0 Å². The maximum absolute atomic E-state index is 12.5. The normalized spacial score (nSPS) is 18.2. The molecule has 0 aromatic heterocycles. The highest BCUT2D eigenvalue weighted by Gasteiger charge is 2.30. The summed E-state index contributed by atoms with van der Waals surface area (Å²) in [6.07, 6.45) is 1.71. The molecule has 1 atom stereocenters. The summed E-state index contributed by atoms with van der Waals surface area (Å²) in [4.78, 5) is 12.5. The molecular formula is C21H27N3O3S. The first-order valence-corrected chi connectivity index (χ1v) is 10.9. The minimum Gasteiger partial charge on any atom is -0.352 e. The molecule has 0 spiro atoms. The Morgan fingerprint density at radius 3 is 2.36 bits per heavy atom. The zero-order valence-corrected chi connectivity index (χ0v) is 17.2. The van der Waals surface area contributed by atoms with Crippen molar-refractivity contribution in [3.8, 4) is 11.1 Å². The number of nitrogens with zero attached hydrogens (tertiary/aromatic N) is 2. The van der Waals surface area contributed by atoms with Gasteiger partial charge in [0, 0.05) is 39.3 Å². The molecule has 0 aliphatic carbocycles. The summed E-state index contributed by atoms with van der Waals surface area (Å²) >= 11 is 0. The van der Waals surface area contributed by atoms with Crippen molar-refractivity contribution in [1.82, 2.24) is 13.9 Å². The average Bonchev–Trinajstić information content (AvgIpc) is 2.73. The summed E-state index contributed by atoms with van der Waals surface area (Å²) < 4.78 is 27.3. The van der Waals surface area contributed by atoms with Crippen LogP contribution in [-0.2, 0) is 10.2 Å². The summed E-state index contributed by atoms with van der Waals surface area (Å²) in [5.41, 5.74) is 2.78. The van der Waals surface area contributed by atoms with Crippen molar-refractivity contribution in [2.75, 3.05) is 33.7 Å². The van der Waals surface area contributed by atoms with E-state index in [1.54, 1.807) is 14.1 Å². The number of nitrogens with one attached hydrogen (secondary N) is 1. The van der Waals surface area contributed by atoms with Gasteiger partial charge in [-0.05, 0) is 42.0 Å². The van der Waals surface area contributed by atoms with Crippen LogP contribution >= 0.6 is 0 Å². The lowest BCUT2D eigenvalue weighted by Crippen LogP contribution is -2.47. The first-order chi connectivity index (χ1) is 13.4. The third-order valence-corrected chi connectivity index (χ3v) is 6.98. The van der Waals surface area contributed by atoms with Crippen LogP contribution in [0.1, 0.15) is 23.2 Å². The van der Waals surface area contributed by atoms with Crippen molar-refractivity contribution in [1.29, 1.82) is 0 Å². The highest BCUT2D eigenvalue weighted by molar-refractivity contribution is 7.86. The second kappa shape index (κ2) is 8.86. The van der Waals surface area contributed by atoms with Gasteiger partial charge in [0.1, 0.15) is 0 Å². The quantitative estimate of drug-likeness (QED) is 0.809. The minimum atomic E-state index is -3.40. The van der Waals surface area contributed by atoms with E-state index in [4.69, 9.17) is 0 Å². The molecule has 28 heavy (non-hydrogen) atoms. The molecule has 1 heterocycles. The van der Waals surface area contributed by atoms with Gasteiger partial charge in [-0.1, -0.05) is 42.5 Å². The molecule has 0 saturated carbocycles. The van der Waals surface area contributed by atoms with Gasteiger partial charge in [-0.2, -0.15) is 17.0 Å². The van der Waals surface area contributed by atoms with Gasteiger partial charge in [-0.15, -0.1) is 0 Å². The predicted molar refractivity (Wildman–Crippen MR) is 111 cm³/mol. The van der Waals surface area contributed by atoms with Crippen LogP contribution in [0.25, 0.3) is 11.1 Å². The SMILES string of the molecule is CN(C)S(=O)(=O)N1CCCC(CNC(=O)c2ccc(-c3ccccc3)cc2)C1. The average molecular weight is 402 g/mol. The predicted octanol–water partition coefficient (Wildman–Crippen LogP) is 2.60. The fourth-order valence-corrected chi connectivity index (χ4v) is 4.64. The Balaban J connectivity index is 1.57. The lowest BCUT2D eigenvalue weighted by Gasteiger charge is -2.33. The van der Waals surface area contributed by atoms with E-state index < -0.39 is 10.2 Å². The highest BCUT2D eigenvalue weighted by atomic mass is 32.2. The summed E-state index contributed by atoms with van der Waals surface area (Å²) in [6, 6.07) is 17.5. The summed E-state index contributed by atoms with van der Waals surface area (Å²) in [6.45, 7) is 1.44. The van der Waals surface area contributed by atoms with E-state index in [0.29, 0.717) is 25.2 Å². The van der Waals surface area contributed by atoms with Gasteiger partial charge in [-0.25, -0.2) is 0 Å². The van der Waals surface area contributed by atoms with Crippen molar-refractivity contribution in [2.45, 2.75) is 12.8 Å². The van der Waals surface area contributed by atoms with Crippen LogP contribution in [-0.4, -0.2) is 56.7 Å². The molecule has 7 heteroatoms. The van der Waals surface area contributed by atoms with Crippen molar-refractivity contribution >= 4 is 16.1 Å². The summed E-state index contributed by atoms with van der Waals surface area (Å²) in [7, 11) is -0.318. The van der Waals surface area contributed by atoms with E-state index in [-0.39, 0.29) is 11.8 Å². The topological polar surface area (TPSA) is 69.7 Å². The van der Waals surface area contributed by atoms with Crippen LogP contribution in [0, 0.1) is 5.92 Å². The Labute approximate surface area is 167 Å². The van der Waals surface area contributed by atoms with Gasteiger partial charge >= 0.3 is 0 Å². The van der Waals surface area contributed by atoms with Crippen LogP contribution in [0.15, 0.2) is 54.6 Å². The van der Waals surface area contributed by atoms with E-state index in [1.807, 2.05) is 54.6 Å². The molecular weight excluding hydrogens is 374 g/mol. The maximum atomic E-state index is 12.5. The third-order valence-electron chi connectivity index (χ3n) is 5.07. The maximum Gasteiger partial charge on any atom is 0.281 e. The first-order valence-electron chi connectivity index (χ1n) is 9.49. The van der Waals surface area contributed by atoms with E-state index in [9.17, 15) is 13.2 Å². The third kappa shape index (κ3) is 4.79. The largest absolute Gasteiger partial charge is 0.352 e. The summed E-state index contributed by atoms with van der Waals surface area (Å²) in [5.74, 6) is -0.0109. The van der Waals surface area contributed by atoms with E-state index in [0.717, 1.165) is 24.0 Å². The fraction of sp³-hybridized carbons (Fsp3) is 0.381. The Bertz CT molecular complexity index is 896. The molecule has 0 radical (unpaired) electrons. The molecule has 1 saturated heterocycles. The van der Waals surface area contributed by atoms with Crippen LogP contribution in [0.3, 0.4) is 0 Å². The lowest BCUT2D eigenvalue weighted by molar-refractivity contribution is 0.0941. The highest BCUT2D eigenvalue weighted by Crippen LogP contribution is 2.21. The number of hydrogen-bond donors (Lipinski definition) is 1. The van der Waals surface area contributed by atoms with Crippen molar-refractivity contribution < 1.29 is 13.2 Å². The molecule has 2 aromatic carbocycles. The molecule has 2 aromatic rings. The molecule has 1 aliphatic heterocycles. The van der Waals surface area contributed by atoms with Crippen LogP contribution in [0.2, 0.25) is 0 Å². The molecule has 3 rings (SSSR count). The number of carbonyl (C=O) groups excluding carboxylic acids is 1. The number of piperidine rings is 1. The smallest absolute Gasteiger partial charge is 0.281 e. The molecule has 1 fully saturated rings. The Kier molecular flexibility index (Phi) is 6.49. The zero-order valence-electron chi connectivity index (χ0n) is 16.3. The van der Waals surface area contributed by atoms with Crippen LogP contribution < -0.4 is 5.32 Å². The van der Waals surface area contributed by atoms with Crippen molar-refractivity contribution in [2.24, 2.45) is 5.92 Å². The van der Waals surface area contributed by atoms with Gasteiger partial charge in [0.2, 0.25) is 0 Å². The van der Waals surface area contributed by atoms with E-state index >= 15 is 0 Å². The minimum absolute atomic E-state index is 0.121. The second-order valence-corrected chi connectivity index (χ2v) is 9.45. The number of hydrogen-bond acceptors (Lipinski definition) is 3. The number of carbonyl (C=O) groups is 1. The Hall–Kier alpha value is -2.22. The molecule has 1 unspecified atom stereocenters. The molecule has 6 nitrogen and oxygen atoms in total. The molecule has 150 valence electrons. The van der Waals surface area contributed by atoms with Gasteiger partial charge in [0.05, 0.1) is 0 Å². The Morgan fingerprint density at radius 1 is 1.07 bits per heavy atom. The summed E-state index contributed by atoms with van der Waals surface area (Å²) in [5, 5.41) is 2.96. The Morgan fingerprint density at radius 2 is 1.71 bits per heavy atom. The molecule has 0 bridgehead atoms. The monoisotopic (exact) mass is 401 g/mol. The number of rotatable bonds is 6. The van der Waals surface area contributed by atoms with Gasteiger partial charge < -0.3 is 5.32 Å². The second-order valence-electron chi connectivity index (χ2n) is 7.31. The number of amides is 1. The van der Waals surface area contributed by atoms with Crippen LogP contribution in [0.4, 0.5) is 0 Å². The molecule has 1 amide bonds. The van der Waals surface area contributed by atoms with Gasteiger partial charge in [0.15, 0.2) is 0 Å². The zero-order chi connectivity index (χ0) is 20.1. The van der Waals surface area contributed by atoms with Crippen LogP contribution in [0.5, 0.6) is 0 Å². The van der Waals surface area contributed by atoms with E-state index in [2.05, 4.69) is 5.32 Å². The van der Waals surface area contributed by atoms with Gasteiger partial charge in [0.25, 0.3) is 16.1 Å². The van der Waals surface area contributed by atoms with Gasteiger partial charge in [-0.3, -0.25) is 4.79 Å². The standard InChI is InChI=1S/C21H27N3O3S/c1-23(2)28(26,27)24-14-6-7-17(16-24)15-22-21(25)20-12-10-19(11-13-20)18-8-4-3-5-9-18/h3-5,8-13,17H,6-7,14-16H2,1-2H3,(H,22,25). The first kappa shape index (κ1) is 20.5.